The van der Waals surface area contributed by atoms with Crippen molar-refractivity contribution in [1.29, 1.82) is 0 Å². The molecule has 0 fully saturated rings. The number of rotatable bonds is 1. The van der Waals surface area contributed by atoms with Gasteiger partial charge in [0.25, 0.3) is 6.47 Å². The van der Waals surface area contributed by atoms with Gasteiger partial charge in [0, 0.05) is 0 Å². The number of phenols is 1. The number of hydrogen-bond donors (Lipinski definition) is 1. The van der Waals surface area contributed by atoms with Gasteiger partial charge in [-0.2, -0.15) is 0 Å². The molecule has 0 unspecified atom stereocenters. The Kier molecular flexibility index (Phi) is 12.3. The molecule has 0 aliphatic rings. The number of benzene rings is 1. The molecular weight excluding hydrogens is 167 g/mol. The molecule has 0 saturated carbocycles. The van der Waals surface area contributed by atoms with Crippen LogP contribution in [0.3, 0.4) is 0 Å². The molecule has 0 amide bonds. The van der Waals surface area contributed by atoms with Crippen molar-refractivity contribution in [2.24, 2.45) is 0 Å². The fraction of sp³-hybridized carbons (Fsp3) is 0.125. The second-order valence-electron chi connectivity index (χ2n) is 1.67. The Bertz CT molecular complexity index is 189. The molecule has 0 aliphatic carbocycles. The summed E-state index contributed by atoms with van der Waals surface area (Å²) in [6.45, 7) is 0.375. The number of para-hydroxylation sites is 1. The van der Waals surface area contributed by atoms with E-state index in [1.807, 2.05) is 6.07 Å². The van der Waals surface area contributed by atoms with Crippen LogP contribution in [0.15, 0.2) is 30.3 Å². The molecule has 1 aromatic carbocycles. The minimum absolute atomic E-state index is 0. The number of phenolic OH excluding ortho intramolecular Hbond substituents is 1. The van der Waals surface area contributed by atoms with Crippen LogP contribution < -0.4 is 0 Å². The fourth-order valence-corrected chi connectivity index (χ4v) is 0.428. The van der Waals surface area contributed by atoms with Crippen LogP contribution in [-0.4, -0.2) is 48.2 Å². The van der Waals surface area contributed by atoms with Crippen LogP contribution in [0.4, 0.5) is 0 Å². The maximum absolute atomic E-state index is 8.95. The Balaban J connectivity index is 0. The van der Waals surface area contributed by atoms with Crippen molar-refractivity contribution in [2.45, 2.75) is 0 Å². The van der Waals surface area contributed by atoms with Crippen LogP contribution in [0.5, 0.6) is 5.75 Å². The van der Waals surface area contributed by atoms with Gasteiger partial charge in [0.15, 0.2) is 0 Å². The predicted octanol–water partition coefficient (Wildman–Crippen LogP) is 0.533. The van der Waals surface area contributed by atoms with E-state index in [-0.39, 0.29) is 29.6 Å². The first-order chi connectivity index (χ1) is 5.31. The second kappa shape index (κ2) is 10.5. The predicted molar refractivity (Wildman–Crippen MR) is 48.3 cm³/mol. The molecular formula is C8H11NaO3. The Labute approximate surface area is 93.6 Å². The van der Waals surface area contributed by atoms with Crippen molar-refractivity contribution < 1.29 is 14.6 Å². The first-order valence-corrected chi connectivity index (χ1v) is 3.01. The van der Waals surface area contributed by atoms with Crippen LogP contribution in [0.2, 0.25) is 0 Å². The van der Waals surface area contributed by atoms with E-state index in [2.05, 4.69) is 4.74 Å². The van der Waals surface area contributed by atoms with E-state index in [4.69, 9.17) is 9.90 Å². The van der Waals surface area contributed by atoms with E-state index in [1.54, 1.807) is 24.3 Å². The summed E-state index contributed by atoms with van der Waals surface area (Å²) in [7, 11) is 1.31. The van der Waals surface area contributed by atoms with Crippen LogP contribution in [-0.2, 0) is 9.53 Å². The SMILES string of the molecule is COC=O.Oc1ccccc1.[NaH]. The number of methoxy groups -OCH3 is 1. The number of carbonyl (C=O) groups is 1. The number of ether oxygens (including phenoxy) is 1. The molecule has 0 saturated heterocycles. The molecule has 0 aromatic heterocycles. The van der Waals surface area contributed by atoms with E-state index < -0.39 is 0 Å². The molecule has 0 aliphatic heterocycles. The fourth-order valence-electron chi connectivity index (χ4n) is 0.428. The average Bonchev–Trinajstić information content (AvgIpc) is 2.07. The summed E-state index contributed by atoms with van der Waals surface area (Å²) < 4.78 is 3.86. The Morgan fingerprint density at radius 3 is 1.92 bits per heavy atom. The van der Waals surface area contributed by atoms with Crippen LogP contribution in [0.1, 0.15) is 0 Å². The van der Waals surface area contributed by atoms with Gasteiger partial charge in [-0.3, -0.25) is 4.79 Å². The summed E-state index contributed by atoms with van der Waals surface area (Å²) in [4.78, 5) is 8.95. The Morgan fingerprint density at radius 1 is 1.33 bits per heavy atom. The van der Waals surface area contributed by atoms with Gasteiger partial charge in [-0.15, -0.1) is 0 Å². The second-order valence-corrected chi connectivity index (χ2v) is 1.67. The molecule has 0 radical (unpaired) electrons. The number of aromatic hydroxyl groups is 1. The summed E-state index contributed by atoms with van der Waals surface area (Å²) in [5.74, 6) is 0.322. The van der Waals surface area contributed by atoms with Gasteiger partial charge in [0.2, 0.25) is 0 Å². The van der Waals surface area contributed by atoms with E-state index in [1.165, 1.54) is 7.11 Å². The van der Waals surface area contributed by atoms with Gasteiger partial charge in [0.05, 0.1) is 7.11 Å². The van der Waals surface area contributed by atoms with Crippen LogP contribution in [0, 0.1) is 0 Å². The zero-order valence-electron chi connectivity index (χ0n) is 6.23. The molecule has 1 N–H and O–H groups in total. The monoisotopic (exact) mass is 178 g/mol. The van der Waals surface area contributed by atoms with E-state index in [0.29, 0.717) is 12.2 Å². The first-order valence-electron chi connectivity index (χ1n) is 3.01. The normalized spacial score (nSPS) is 6.75. The molecule has 62 valence electrons. The average molecular weight is 178 g/mol. The zero-order valence-corrected chi connectivity index (χ0v) is 6.23. The third-order valence-corrected chi connectivity index (χ3v) is 0.852. The van der Waals surface area contributed by atoms with Gasteiger partial charge in [-0.05, 0) is 12.1 Å². The van der Waals surface area contributed by atoms with Crippen molar-refractivity contribution in [3.63, 3.8) is 0 Å². The van der Waals surface area contributed by atoms with Crippen molar-refractivity contribution >= 4 is 36.0 Å². The zero-order chi connectivity index (χ0) is 8.53. The third-order valence-electron chi connectivity index (χ3n) is 0.852. The minimum atomic E-state index is 0. The van der Waals surface area contributed by atoms with Crippen molar-refractivity contribution in [2.75, 3.05) is 7.11 Å². The standard InChI is InChI=1S/C6H6O.C2H4O2.Na.H/c7-6-4-2-1-3-5-6;1-4-2-3;;/h1-5,7H;2H,1H3;;. The van der Waals surface area contributed by atoms with Gasteiger partial charge in [0.1, 0.15) is 5.75 Å². The van der Waals surface area contributed by atoms with E-state index in [0.717, 1.165) is 0 Å². The molecule has 1 aromatic rings. The van der Waals surface area contributed by atoms with Crippen LogP contribution in [0.25, 0.3) is 0 Å². The molecule has 3 nitrogen and oxygen atoms in total. The molecule has 4 heteroatoms. The summed E-state index contributed by atoms with van der Waals surface area (Å²) in [6, 6.07) is 8.71. The van der Waals surface area contributed by atoms with E-state index in [9.17, 15) is 0 Å². The quantitative estimate of drug-likeness (QED) is 0.504. The molecule has 0 spiro atoms. The molecule has 0 atom stereocenters. The third kappa shape index (κ3) is 9.49. The number of carbonyl (C=O) groups excluding carboxylic acids is 1. The molecule has 0 bridgehead atoms. The van der Waals surface area contributed by atoms with Crippen molar-refractivity contribution in [3.05, 3.63) is 30.3 Å². The first kappa shape index (κ1) is 14.0. The molecule has 12 heavy (non-hydrogen) atoms. The Morgan fingerprint density at radius 2 is 1.75 bits per heavy atom. The van der Waals surface area contributed by atoms with Crippen LogP contribution >= 0.6 is 0 Å². The topological polar surface area (TPSA) is 46.5 Å². The number of hydrogen-bond acceptors (Lipinski definition) is 3. The summed E-state index contributed by atoms with van der Waals surface area (Å²) >= 11 is 0. The Hall–Kier alpha value is -0.510. The van der Waals surface area contributed by atoms with Crippen molar-refractivity contribution in [1.82, 2.24) is 0 Å². The van der Waals surface area contributed by atoms with Gasteiger partial charge < -0.3 is 9.84 Å². The molecule has 0 heterocycles. The van der Waals surface area contributed by atoms with E-state index >= 15 is 0 Å². The van der Waals surface area contributed by atoms with Crippen molar-refractivity contribution in [3.8, 4) is 5.75 Å². The summed E-state index contributed by atoms with van der Waals surface area (Å²) in [5, 5.41) is 8.63. The molecule has 1 rings (SSSR count). The summed E-state index contributed by atoms with van der Waals surface area (Å²) in [5.41, 5.74) is 0. The van der Waals surface area contributed by atoms with Gasteiger partial charge >= 0.3 is 29.6 Å². The maximum atomic E-state index is 8.95. The van der Waals surface area contributed by atoms with Gasteiger partial charge in [-0.25, -0.2) is 0 Å². The van der Waals surface area contributed by atoms with Gasteiger partial charge in [-0.1, -0.05) is 18.2 Å². The summed E-state index contributed by atoms with van der Waals surface area (Å²) in [6.07, 6.45) is 0.